The summed E-state index contributed by atoms with van der Waals surface area (Å²) in [5.74, 6) is 0.952. The molecule has 1 saturated carbocycles. The third-order valence-electron chi connectivity index (χ3n) is 3.31. The quantitative estimate of drug-likeness (QED) is 0.776. The zero-order valence-corrected chi connectivity index (χ0v) is 9.99. The van der Waals surface area contributed by atoms with Crippen LogP contribution in [0.15, 0.2) is 24.3 Å². The largest absolute Gasteiger partial charge is 0.489 e. The van der Waals surface area contributed by atoms with Crippen LogP contribution >= 0.6 is 0 Å². The summed E-state index contributed by atoms with van der Waals surface area (Å²) in [5.41, 5.74) is 7.39. The summed E-state index contributed by atoms with van der Waals surface area (Å²) in [6.45, 7) is 2.08. The van der Waals surface area contributed by atoms with Crippen molar-refractivity contribution in [2.45, 2.75) is 51.2 Å². The molecule has 1 aliphatic carbocycles. The summed E-state index contributed by atoms with van der Waals surface area (Å²) >= 11 is 0. The third-order valence-corrected chi connectivity index (χ3v) is 3.31. The molecule has 2 nitrogen and oxygen atoms in total. The highest BCUT2D eigenvalue weighted by Gasteiger charge is 2.21. The molecule has 0 radical (unpaired) electrons. The first-order chi connectivity index (χ1) is 7.75. The maximum Gasteiger partial charge on any atom is 0.119 e. The Balaban J connectivity index is 1.99. The molecule has 2 atom stereocenters. The van der Waals surface area contributed by atoms with E-state index < -0.39 is 0 Å². The minimum absolute atomic E-state index is 0.198. The van der Waals surface area contributed by atoms with Gasteiger partial charge in [-0.1, -0.05) is 30.5 Å². The lowest BCUT2D eigenvalue weighted by Crippen LogP contribution is -2.37. The normalized spacial score (nSPS) is 26.1. The molecule has 1 aromatic rings. The van der Waals surface area contributed by atoms with E-state index in [1.165, 1.54) is 24.8 Å². The molecule has 0 aliphatic heterocycles. The fraction of sp³-hybridized carbons (Fsp3) is 0.571. The van der Waals surface area contributed by atoms with Crippen molar-refractivity contribution in [3.05, 3.63) is 29.8 Å². The Labute approximate surface area is 97.8 Å². The fourth-order valence-electron chi connectivity index (χ4n) is 2.24. The first-order valence-electron chi connectivity index (χ1n) is 6.24. The molecule has 1 aliphatic rings. The SMILES string of the molecule is Cc1ccc(O[C@@H]2CCCCC[C@@H]2N)cc1. The van der Waals surface area contributed by atoms with Gasteiger partial charge in [-0.05, 0) is 38.3 Å². The van der Waals surface area contributed by atoms with Crippen molar-refractivity contribution in [2.24, 2.45) is 5.73 Å². The summed E-state index contributed by atoms with van der Waals surface area (Å²) < 4.78 is 5.98. The van der Waals surface area contributed by atoms with Crippen LogP contribution in [0, 0.1) is 6.92 Å². The zero-order chi connectivity index (χ0) is 11.4. The highest BCUT2D eigenvalue weighted by atomic mass is 16.5. The molecule has 0 heterocycles. The molecule has 0 spiro atoms. The van der Waals surface area contributed by atoms with Crippen LogP contribution in [0.2, 0.25) is 0 Å². The highest BCUT2D eigenvalue weighted by molar-refractivity contribution is 5.26. The van der Waals surface area contributed by atoms with E-state index in [1.807, 2.05) is 12.1 Å². The number of aryl methyl sites for hydroxylation is 1. The first kappa shape index (κ1) is 11.5. The zero-order valence-electron chi connectivity index (χ0n) is 9.99. The van der Waals surface area contributed by atoms with Crippen LogP contribution in [-0.4, -0.2) is 12.1 Å². The van der Waals surface area contributed by atoms with Crippen molar-refractivity contribution in [2.75, 3.05) is 0 Å². The maximum absolute atomic E-state index is 6.13. The fourth-order valence-corrected chi connectivity index (χ4v) is 2.24. The molecule has 0 bridgehead atoms. The molecular formula is C14H21NO. The highest BCUT2D eigenvalue weighted by Crippen LogP contribution is 2.22. The standard InChI is InChI=1S/C14H21NO/c1-11-7-9-12(10-8-11)16-14-6-4-2-3-5-13(14)15/h7-10,13-14H,2-6,15H2,1H3/t13-,14+/m0/s1. The van der Waals surface area contributed by atoms with E-state index in [9.17, 15) is 0 Å². The van der Waals surface area contributed by atoms with Crippen LogP contribution in [0.25, 0.3) is 0 Å². The van der Waals surface area contributed by atoms with E-state index in [-0.39, 0.29) is 12.1 Å². The van der Waals surface area contributed by atoms with Gasteiger partial charge in [0.15, 0.2) is 0 Å². The summed E-state index contributed by atoms with van der Waals surface area (Å²) in [6, 6.07) is 8.43. The summed E-state index contributed by atoms with van der Waals surface area (Å²) in [4.78, 5) is 0. The molecule has 2 heteroatoms. The molecule has 0 saturated heterocycles. The lowest BCUT2D eigenvalue weighted by molar-refractivity contribution is 0.163. The van der Waals surface area contributed by atoms with Gasteiger partial charge in [-0.3, -0.25) is 0 Å². The van der Waals surface area contributed by atoms with Gasteiger partial charge < -0.3 is 10.5 Å². The monoisotopic (exact) mass is 219 g/mol. The van der Waals surface area contributed by atoms with E-state index in [4.69, 9.17) is 10.5 Å². The Morgan fingerprint density at radius 2 is 1.75 bits per heavy atom. The first-order valence-corrected chi connectivity index (χ1v) is 6.24. The Bertz CT molecular complexity index is 320. The Hall–Kier alpha value is -1.02. The average Bonchev–Trinajstić information content (AvgIpc) is 2.48. The van der Waals surface area contributed by atoms with Crippen molar-refractivity contribution >= 4 is 0 Å². The van der Waals surface area contributed by atoms with Gasteiger partial charge in [0.1, 0.15) is 11.9 Å². The molecule has 2 rings (SSSR count). The smallest absolute Gasteiger partial charge is 0.119 e. The van der Waals surface area contributed by atoms with Crippen LogP contribution in [0.3, 0.4) is 0 Å². The van der Waals surface area contributed by atoms with Crippen LogP contribution in [-0.2, 0) is 0 Å². The number of ether oxygens (including phenoxy) is 1. The van der Waals surface area contributed by atoms with Gasteiger partial charge in [-0.2, -0.15) is 0 Å². The Kier molecular flexibility index (Phi) is 3.83. The van der Waals surface area contributed by atoms with E-state index in [0.717, 1.165) is 18.6 Å². The minimum Gasteiger partial charge on any atom is -0.489 e. The average molecular weight is 219 g/mol. The molecule has 0 amide bonds. The van der Waals surface area contributed by atoms with Crippen molar-refractivity contribution < 1.29 is 4.74 Å². The van der Waals surface area contributed by atoms with Crippen molar-refractivity contribution in [3.8, 4) is 5.75 Å². The van der Waals surface area contributed by atoms with Crippen LogP contribution in [0.5, 0.6) is 5.75 Å². The number of rotatable bonds is 2. The number of benzene rings is 1. The van der Waals surface area contributed by atoms with Crippen molar-refractivity contribution in [1.29, 1.82) is 0 Å². The van der Waals surface area contributed by atoms with Gasteiger partial charge in [-0.15, -0.1) is 0 Å². The molecule has 0 unspecified atom stereocenters. The van der Waals surface area contributed by atoms with E-state index in [0.29, 0.717) is 0 Å². The van der Waals surface area contributed by atoms with Crippen LogP contribution < -0.4 is 10.5 Å². The Morgan fingerprint density at radius 3 is 2.50 bits per heavy atom. The second-order valence-electron chi connectivity index (χ2n) is 4.77. The van der Waals surface area contributed by atoms with E-state index in [2.05, 4.69) is 19.1 Å². The number of nitrogens with two attached hydrogens (primary N) is 1. The van der Waals surface area contributed by atoms with Gasteiger partial charge in [-0.25, -0.2) is 0 Å². The summed E-state index contributed by atoms with van der Waals surface area (Å²) in [5, 5.41) is 0. The van der Waals surface area contributed by atoms with E-state index >= 15 is 0 Å². The van der Waals surface area contributed by atoms with Gasteiger partial charge in [0, 0.05) is 6.04 Å². The lowest BCUT2D eigenvalue weighted by Gasteiger charge is -2.22. The molecular weight excluding hydrogens is 198 g/mol. The number of hydrogen-bond donors (Lipinski definition) is 1. The Morgan fingerprint density at radius 1 is 1.06 bits per heavy atom. The number of hydrogen-bond acceptors (Lipinski definition) is 2. The van der Waals surface area contributed by atoms with Crippen molar-refractivity contribution in [3.63, 3.8) is 0 Å². The van der Waals surface area contributed by atoms with Crippen LogP contribution in [0.1, 0.15) is 37.7 Å². The van der Waals surface area contributed by atoms with Gasteiger partial charge in [0.05, 0.1) is 0 Å². The molecule has 1 fully saturated rings. The van der Waals surface area contributed by atoms with Crippen LogP contribution in [0.4, 0.5) is 0 Å². The predicted molar refractivity (Wildman–Crippen MR) is 66.7 cm³/mol. The molecule has 1 aromatic carbocycles. The molecule has 88 valence electrons. The maximum atomic E-state index is 6.13. The van der Waals surface area contributed by atoms with Gasteiger partial charge in [0.2, 0.25) is 0 Å². The van der Waals surface area contributed by atoms with Gasteiger partial charge >= 0.3 is 0 Å². The predicted octanol–water partition coefficient (Wildman–Crippen LogP) is 3.03. The third kappa shape index (κ3) is 2.99. The lowest BCUT2D eigenvalue weighted by atomic mass is 10.1. The van der Waals surface area contributed by atoms with Crippen molar-refractivity contribution in [1.82, 2.24) is 0 Å². The minimum atomic E-state index is 0.198. The molecule has 0 aromatic heterocycles. The van der Waals surface area contributed by atoms with Gasteiger partial charge in [0.25, 0.3) is 0 Å². The summed E-state index contributed by atoms with van der Waals surface area (Å²) in [6.07, 6.45) is 6.16. The second kappa shape index (κ2) is 5.35. The van der Waals surface area contributed by atoms with E-state index in [1.54, 1.807) is 0 Å². The topological polar surface area (TPSA) is 35.2 Å². The second-order valence-corrected chi connectivity index (χ2v) is 4.77. The molecule has 2 N–H and O–H groups in total. The summed E-state index contributed by atoms with van der Waals surface area (Å²) in [7, 11) is 0. The molecule has 16 heavy (non-hydrogen) atoms.